The number of hydrogen-bond donors (Lipinski definition) is 2. The maximum atomic E-state index is 14.7. The van der Waals surface area contributed by atoms with Gasteiger partial charge < -0.3 is 29.2 Å². The summed E-state index contributed by atoms with van der Waals surface area (Å²) in [5, 5.41) is 8.10. The maximum absolute atomic E-state index is 14.7. The van der Waals surface area contributed by atoms with Gasteiger partial charge in [0.05, 0.1) is 40.7 Å². The minimum atomic E-state index is -1.09. The SMILES string of the molecule is CC#CC(=O)N1C[C@H](C)[C@H](C(=O)N(C)C(C(=O)N[C@H]2Cc3nc(cs3)-c3ccc4c(c3)c(c(-c3cccnc3[C@H](C)OC)n4CC)CC(C)(C)COC(=O)[C@@H]3CCCN(N3)C2=O)C(C)C)C1. The summed E-state index contributed by atoms with van der Waals surface area (Å²) >= 11 is 1.40. The summed E-state index contributed by atoms with van der Waals surface area (Å²) in [6.45, 7) is 17.3. The molecule has 66 heavy (non-hydrogen) atoms. The van der Waals surface area contributed by atoms with E-state index in [2.05, 4.69) is 72.2 Å². The van der Waals surface area contributed by atoms with Crippen LogP contribution in [0.4, 0.5) is 0 Å². The number of pyridine rings is 1. The van der Waals surface area contributed by atoms with E-state index in [0.29, 0.717) is 43.9 Å². The summed E-state index contributed by atoms with van der Waals surface area (Å²) in [5.74, 6) is 2.24. The maximum Gasteiger partial charge on any atom is 0.324 e. The Morgan fingerprint density at radius 1 is 1.15 bits per heavy atom. The zero-order valence-corrected chi connectivity index (χ0v) is 40.7. The molecule has 6 heterocycles. The number of benzene rings is 1. The Labute approximate surface area is 391 Å². The molecule has 15 nitrogen and oxygen atoms in total. The molecule has 4 aromatic rings. The number of rotatable bonds is 9. The molecule has 1 unspecified atom stereocenters. The lowest BCUT2D eigenvalue weighted by Crippen LogP contribution is -2.62. The van der Waals surface area contributed by atoms with Crippen molar-refractivity contribution in [1.82, 2.24) is 40.1 Å². The normalized spacial score (nSPS) is 22.0. The van der Waals surface area contributed by atoms with Gasteiger partial charge in [-0.15, -0.1) is 11.3 Å². The minimum Gasteiger partial charge on any atom is -0.464 e. The first kappa shape index (κ1) is 48.3. The van der Waals surface area contributed by atoms with Gasteiger partial charge in [0.1, 0.15) is 18.1 Å². The van der Waals surface area contributed by atoms with E-state index >= 15 is 0 Å². The van der Waals surface area contributed by atoms with Crippen molar-refractivity contribution in [2.24, 2.45) is 23.2 Å². The molecule has 2 N–H and O–H groups in total. The molecule has 352 valence electrons. The van der Waals surface area contributed by atoms with Gasteiger partial charge in [-0.2, -0.15) is 0 Å². The summed E-state index contributed by atoms with van der Waals surface area (Å²) in [6.07, 6.45) is 3.17. The Hall–Kier alpha value is -5.63. The number of cyclic esters (lactones) is 1. The number of amides is 4. The zero-order valence-electron chi connectivity index (χ0n) is 39.9. The van der Waals surface area contributed by atoms with Crippen LogP contribution in [0.3, 0.4) is 0 Å². The molecule has 4 amide bonds. The molecule has 0 radical (unpaired) electrons. The summed E-state index contributed by atoms with van der Waals surface area (Å²) in [7, 11) is 3.29. The van der Waals surface area contributed by atoms with Gasteiger partial charge in [-0.05, 0) is 87.6 Å². The molecular formula is C50H64N8O7S. The van der Waals surface area contributed by atoms with Gasteiger partial charge >= 0.3 is 5.97 Å². The fourth-order valence-corrected chi connectivity index (χ4v) is 10.6. The first-order valence-corrected chi connectivity index (χ1v) is 24.0. The van der Waals surface area contributed by atoms with Gasteiger partial charge in [-0.25, -0.2) is 10.4 Å². The Balaban J connectivity index is 1.26. The fraction of sp³-hybridized carbons (Fsp3) is 0.540. The largest absolute Gasteiger partial charge is 0.464 e. The Kier molecular flexibility index (Phi) is 14.7. The number of methoxy groups -OCH3 is 1. The van der Waals surface area contributed by atoms with Gasteiger partial charge in [-0.1, -0.05) is 46.6 Å². The Morgan fingerprint density at radius 2 is 1.92 bits per heavy atom. The van der Waals surface area contributed by atoms with Crippen LogP contribution in [0.1, 0.15) is 90.6 Å². The van der Waals surface area contributed by atoms with Crippen molar-refractivity contribution in [3.63, 3.8) is 0 Å². The van der Waals surface area contributed by atoms with Gasteiger partial charge in [0.2, 0.25) is 11.8 Å². The van der Waals surface area contributed by atoms with Gasteiger partial charge in [0, 0.05) is 85.8 Å². The number of nitrogens with zero attached hydrogens (tertiary/aromatic N) is 6. The summed E-state index contributed by atoms with van der Waals surface area (Å²) in [6, 6.07) is 7.58. The monoisotopic (exact) mass is 920 g/mol. The third-order valence-corrected chi connectivity index (χ3v) is 14.1. The van der Waals surface area contributed by atoms with Crippen molar-refractivity contribution in [2.45, 2.75) is 112 Å². The number of fused-ring (bicyclic) bond motifs is 6. The molecule has 7 rings (SSSR count). The number of likely N-dealkylation sites (tertiary alicyclic amines) is 1. The number of aromatic nitrogens is 3. The highest BCUT2D eigenvalue weighted by atomic mass is 32.1. The number of nitrogens with one attached hydrogen (secondary N) is 2. The Bertz CT molecular complexity index is 2550. The lowest BCUT2D eigenvalue weighted by molar-refractivity contribution is -0.155. The summed E-state index contributed by atoms with van der Waals surface area (Å²) in [5.41, 5.74) is 9.24. The molecule has 0 aliphatic carbocycles. The topological polar surface area (TPSA) is 168 Å². The molecule has 6 atom stereocenters. The van der Waals surface area contributed by atoms with Crippen LogP contribution < -0.4 is 10.7 Å². The second-order valence-electron chi connectivity index (χ2n) is 19.1. The van der Waals surface area contributed by atoms with Crippen LogP contribution >= 0.6 is 11.3 Å². The Morgan fingerprint density at radius 3 is 2.64 bits per heavy atom. The second kappa shape index (κ2) is 20.1. The van der Waals surface area contributed by atoms with Crippen molar-refractivity contribution < 1.29 is 33.4 Å². The number of hydrogen-bond acceptors (Lipinski definition) is 11. The number of likely N-dealkylation sites (N-methyl/N-ethyl adjacent to an activating group) is 1. The molecular weight excluding hydrogens is 857 g/mol. The van der Waals surface area contributed by atoms with Crippen LogP contribution in [0.25, 0.3) is 33.4 Å². The van der Waals surface area contributed by atoms with E-state index in [-0.39, 0.29) is 49.3 Å². The summed E-state index contributed by atoms with van der Waals surface area (Å²) in [4.78, 5) is 82.7. The average molecular weight is 921 g/mol. The van der Waals surface area contributed by atoms with E-state index in [1.165, 1.54) is 21.2 Å². The quantitative estimate of drug-likeness (QED) is 0.155. The lowest BCUT2D eigenvalue weighted by atomic mass is 9.84. The number of hydrazine groups is 1. The van der Waals surface area contributed by atoms with Crippen molar-refractivity contribution in [3.8, 4) is 34.4 Å². The average Bonchev–Trinajstić information content (AvgIpc) is 4.02. The molecule has 3 aliphatic heterocycles. The highest BCUT2D eigenvalue weighted by molar-refractivity contribution is 7.10. The number of thiazole rings is 1. The molecule has 3 aliphatic rings. The number of aryl methyl sites for hydroxylation is 1. The van der Waals surface area contributed by atoms with Crippen LogP contribution in [0, 0.1) is 35.0 Å². The molecule has 2 saturated heterocycles. The van der Waals surface area contributed by atoms with Crippen molar-refractivity contribution in [3.05, 3.63) is 58.2 Å². The van der Waals surface area contributed by atoms with Crippen LogP contribution in [0.5, 0.6) is 0 Å². The molecule has 1 aromatic carbocycles. The highest BCUT2D eigenvalue weighted by Gasteiger charge is 2.43. The van der Waals surface area contributed by atoms with E-state index < -0.39 is 47.2 Å². The first-order valence-electron chi connectivity index (χ1n) is 23.1. The van der Waals surface area contributed by atoms with Crippen molar-refractivity contribution in [1.29, 1.82) is 0 Å². The van der Waals surface area contributed by atoms with E-state index in [9.17, 15) is 24.0 Å². The zero-order chi connectivity index (χ0) is 47.6. The third-order valence-electron chi connectivity index (χ3n) is 13.3. The van der Waals surface area contributed by atoms with Gasteiger partial charge in [0.15, 0.2) is 0 Å². The molecule has 16 heteroatoms. The van der Waals surface area contributed by atoms with Crippen molar-refractivity contribution >= 4 is 51.8 Å². The second-order valence-corrected chi connectivity index (χ2v) is 20.0. The van der Waals surface area contributed by atoms with Crippen LogP contribution in [0.2, 0.25) is 0 Å². The van der Waals surface area contributed by atoms with Crippen molar-refractivity contribution in [2.75, 3.05) is 40.4 Å². The van der Waals surface area contributed by atoms with E-state index in [1.54, 1.807) is 32.2 Å². The van der Waals surface area contributed by atoms with Crippen LogP contribution in [-0.2, 0) is 52.8 Å². The van der Waals surface area contributed by atoms with E-state index in [1.807, 2.05) is 39.1 Å². The van der Waals surface area contributed by atoms with E-state index in [0.717, 1.165) is 44.7 Å². The van der Waals surface area contributed by atoms with Crippen LogP contribution in [0.15, 0.2) is 41.9 Å². The molecule has 0 saturated carbocycles. The smallest absolute Gasteiger partial charge is 0.324 e. The number of ether oxygens (including phenoxy) is 2. The molecule has 6 bridgehead atoms. The molecule has 2 fully saturated rings. The number of carbonyl (C=O) groups is 5. The highest BCUT2D eigenvalue weighted by Crippen LogP contribution is 2.42. The molecule has 3 aromatic heterocycles. The van der Waals surface area contributed by atoms with Crippen LogP contribution in [-0.4, -0.2) is 117 Å². The van der Waals surface area contributed by atoms with Gasteiger partial charge in [-0.3, -0.25) is 34.0 Å². The minimum absolute atomic E-state index is 0.0692. The standard InChI is InChI=1S/C50H64N8O7S/c1-11-15-42(59)56-25-30(5)36(26-56)47(61)55(9)44(29(3)4)46(60)53-38-23-41-52-39(27-66-41)32-18-19-40-34(22-32)35(45(57(40)12-2)33-16-13-20-51-43(33)31(6)64-10)24-50(7,8)28-65-49(63)37-17-14-21-58(54-37)48(38)62/h13,16,18-20,22,27,29-31,36-38,44,54H,12,14,17,21,23-26,28H2,1-10H3,(H,53,60)/t30-,31-,36+,37-,38-,44?/m0/s1. The predicted molar refractivity (Wildman–Crippen MR) is 253 cm³/mol. The molecule has 0 spiro atoms. The lowest BCUT2D eigenvalue weighted by Gasteiger charge is -2.37. The number of esters is 1. The number of carbonyl (C=O) groups excluding carboxylic acids is 5. The first-order chi connectivity index (χ1) is 31.5. The summed E-state index contributed by atoms with van der Waals surface area (Å²) < 4.78 is 14.2. The van der Waals surface area contributed by atoms with E-state index in [4.69, 9.17) is 19.4 Å². The predicted octanol–water partition coefficient (Wildman–Crippen LogP) is 5.80. The fourth-order valence-electron chi connectivity index (χ4n) is 9.79. The third kappa shape index (κ3) is 9.89. The van der Waals surface area contributed by atoms with Gasteiger partial charge in [0.25, 0.3) is 11.8 Å².